The maximum absolute atomic E-state index is 13.7. The quantitative estimate of drug-likeness (QED) is 0.601. The molecule has 29 heavy (non-hydrogen) atoms. The number of nitrogens with one attached hydrogen (secondary N) is 1. The van der Waals surface area contributed by atoms with Crippen molar-refractivity contribution in [3.05, 3.63) is 60.2 Å². The predicted octanol–water partition coefficient (Wildman–Crippen LogP) is 4.86. The van der Waals surface area contributed by atoms with Crippen molar-refractivity contribution in [3.8, 4) is 0 Å². The van der Waals surface area contributed by atoms with E-state index in [-0.39, 0.29) is 12.1 Å². The highest BCUT2D eigenvalue weighted by Crippen LogP contribution is 2.46. The normalized spacial score (nSPS) is 12.9. The number of fused-ring (bicyclic) bond motifs is 1. The molecule has 0 aliphatic carbocycles. The second kappa shape index (κ2) is 7.05. The lowest BCUT2D eigenvalue weighted by atomic mass is 10.1. The highest BCUT2D eigenvalue weighted by atomic mass is 19.4. The molecule has 3 rings (SSSR count). The summed E-state index contributed by atoms with van der Waals surface area (Å²) < 4.78 is 91.9. The number of carbonyl (C=O) groups excluding carboxylic acids is 1. The molecule has 2 aromatic carbocycles. The molecule has 1 N–H and O–H groups in total. The summed E-state index contributed by atoms with van der Waals surface area (Å²) in [6.07, 6.45) is -6.61. The van der Waals surface area contributed by atoms with Gasteiger partial charge in [-0.2, -0.15) is 30.7 Å². The Hall–Kier alpha value is -3.11. The van der Waals surface area contributed by atoms with Crippen molar-refractivity contribution < 1.29 is 35.5 Å². The molecule has 0 atom stereocenters. The summed E-state index contributed by atoms with van der Waals surface area (Å²) in [5.74, 6) is -16.0. The Bertz CT molecular complexity index is 1030. The van der Waals surface area contributed by atoms with Crippen molar-refractivity contribution in [2.24, 2.45) is 0 Å². The van der Waals surface area contributed by atoms with Gasteiger partial charge in [-0.05, 0) is 17.7 Å². The molecule has 0 saturated heterocycles. The molecule has 0 fully saturated rings. The summed E-state index contributed by atoms with van der Waals surface area (Å²) in [5.41, 5.74) is 1.24. The largest absolute Gasteiger partial charge is 0.460 e. The molecule has 0 bridgehead atoms. The molecule has 3 aromatic rings. The molecule has 0 spiro atoms. The Morgan fingerprint density at radius 1 is 0.897 bits per heavy atom. The van der Waals surface area contributed by atoms with Gasteiger partial charge < -0.3 is 4.57 Å². The number of carbonyl (C=O) groups is 1. The summed E-state index contributed by atoms with van der Waals surface area (Å²) in [5, 5.41) is 1.42. The lowest BCUT2D eigenvalue weighted by molar-refractivity contribution is -0.343. The fourth-order valence-corrected chi connectivity index (χ4v) is 2.60. The highest BCUT2D eigenvalue weighted by molar-refractivity contribution is 5.97. The number of nitrogens with zero attached hydrogens (tertiary/aromatic N) is 2. The summed E-state index contributed by atoms with van der Waals surface area (Å²) in [4.78, 5) is 15.6. The van der Waals surface area contributed by atoms with Crippen molar-refractivity contribution in [1.29, 1.82) is 0 Å². The molecule has 0 saturated carbocycles. The van der Waals surface area contributed by atoms with Crippen LogP contribution in [-0.2, 0) is 11.3 Å². The van der Waals surface area contributed by atoms with E-state index < -0.39 is 29.9 Å². The first-order chi connectivity index (χ1) is 13.4. The van der Waals surface area contributed by atoms with E-state index in [9.17, 15) is 35.5 Å². The number of hydrogen-bond acceptors (Lipinski definition) is 2. The van der Waals surface area contributed by atoms with Crippen molar-refractivity contribution in [2.75, 3.05) is 5.32 Å². The van der Waals surface area contributed by atoms with Crippen LogP contribution in [0.25, 0.3) is 11.0 Å². The molecular weight excluding hydrogens is 407 g/mol. The van der Waals surface area contributed by atoms with Crippen LogP contribution in [-0.4, -0.2) is 33.5 Å². The monoisotopic (exact) mass is 419 g/mol. The Morgan fingerprint density at radius 2 is 1.48 bits per heavy atom. The fraction of sp³-hybridized carbons (Fsp3) is 0.222. The van der Waals surface area contributed by atoms with Gasteiger partial charge in [-0.25, -0.2) is 4.98 Å². The first-order valence-corrected chi connectivity index (χ1v) is 8.08. The number of anilines is 1. The van der Waals surface area contributed by atoms with E-state index in [1.807, 2.05) is 0 Å². The van der Waals surface area contributed by atoms with Crippen LogP contribution >= 0.6 is 0 Å². The zero-order chi connectivity index (χ0) is 21.4. The van der Waals surface area contributed by atoms with Gasteiger partial charge in [0.2, 0.25) is 5.95 Å². The smallest absolute Gasteiger partial charge is 0.305 e. The van der Waals surface area contributed by atoms with Gasteiger partial charge in [0.15, 0.2) is 0 Å². The zero-order valence-electron chi connectivity index (χ0n) is 14.4. The van der Waals surface area contributed by atoms with E-state index in [0.29, 0.717) is 11.1 Å². The molecule has 11 heteroatoms. The van der Waals surface area contributed by atoms with Crippen LogP contribution in [0.15, 0.2) is 54.6 Å². The number of benzene rings is 2. The average Bonchev–Trinajstić information content (AvgIpc) is 2.98. The number of halogens is 7. The summed E-state index contributed by atoms with van der Waals surface area (Å²) in [6.45, 7) is -0.00178. The number of imidazole rings is 1. The minimum absolute atomic E-state index is 0.00178. The first-order valence-electron chi connectivity index (χ1n) is 8.08. The summed E-state index contributed by atoms with van der Waals surface area (Å²) in [6, 6.07) is 14.6. The first kappa shape index (κ1) is 20.6. The topological polar surface area (TPSA) is 46.9 Å². The van der Waals surface area contributed by atoms with Gasteiger partial charge in [-0.15, -0.1) is 0 Å². The predicted molar refractivity (Wildman–Crippen MR) is 89.9 cm³/mol. The van der Waals surface area contributed by atoms with E-state index in [2.05, 4.69) is 4.98 Å². The van der Waals surface area contributed by atoms with Crippen LogP contribution in [0.3, 0.4) is 0 Å². The maximum Gasteiger partial charge on any atom is 0.460 e. The Morgan fingerprint density at radius 3 is 2.10 bits per heavy atom. The zero-order valence-corrected chi connectivity index (χ0v) is 14.4. The molecular formula is C18H12F7N3O. The lowest BCUT2D eigenvalue weighted by Crippen LogP contribution is -2.58. The average molecular weight is 419 g/mol. The van der Waals surface area contributed by atoms with Crippen molar-refractivity contribution in [2.45, 2.75) is 24.6 Å². The van der Waals surface area contributed by atoms with Crippen molar-refractivity contribution in [3.63, 3.8) is 0 Å². The van der Waals surface area contributed by atoms with Crippen molar-refractivity contribution >= 4 is 22.9 Å². The second-order valence-corrected chi connectivity index (χ2v) is 6.10. The van der Waals surface area contributed by atoms with Gasteiger partial charge in [0.05, 0.1) is 17.6 Å². The minimum Gasteiger partial charge on any atom is -0.305 e. The Balaban J connectivity index is 2.00. The molecule has 4 nitrogen and oxygen atoms in total. The number of hydrogen-bond donors (Lipinski definition) is 1. The molecule has 1 aromatic heterocycles. The molecule has 1 heterocycles. The lowest BCUT2D eigenvalue weighted by Gasteiger charge is -2.26. The number of rotatable bonds is 5. The van der Waals surface area contributed by atoms with Gasteiger partial charge >= 0.3 is 23.9 Å². The van der Waals surface area contributed by atoms with Crippen LogP contribution in [0.5, 0.6) is 0 Å². The third-order valence-corrected chi connectivity index (χ3v) is 4.10. The standard InChI is InChI=1S/C18H12F7N3O/c19-16(20,17(21,22)18(23,24)25)14(29)27-15-26-12-8-4-5-9-13(12)28(15)10-11-6-2-1-3-7-11/h1-9H,10H2,(H,26,27,29). The van der Waals surface area contributed by atoms with E-state index >= 15 is 0 Å². The molecule has 154 valence electrons. The van der Waals surface area contributed by atoms with Gasteiger partial charge in [0.25, 0.3) is 0 Å². The number of alkyl halides is 7. The Kier molecular flexibility index (Phi) is 5.01. The molecule has 0 radical (unpaired) electrons. The summed E-state index contributed by atoms with van der Waals surface area (Å²) >= 11 is 0. The van der Waals surface area contributed by atoms with Gasteiger partial charge in [-0.1, -0.05) is 42.5 Å². The molecule has 0 aliphatic rings. The van der Waals surface area contributed by atoms with E-state index in [0.717, 1.165) is 0 Å². The fourth-order valence-electron chi connectivity index (χ4n) is 2.60. The van der Waals surface area contributed by atoms with Crippen LogP contribution in [0.4, 0.5) is 36.7 Å². The van der Waals surface area contributed by atoms with E-state index in [1.54, 1.807) is 42.5 Å². The third-order valence-electron chi connectivity index (χ3n) is 4.10. The van der Waals surface area contributed by atoms with Crippen molar-refractivity contribution in [1.82, 2.24) is 9.55 Å². The van der Waals surface area contributed by atoms with Gasteiger partial charge in [0, 0.05) is 0 Å². The van der Waals surface area contributed by atoms with Crippen LogP contribution in [0, 0.1) is 0 Å². The Labute approximate surface area is 159 Å². The SMILES string of the molecule is O=C(Nc1nc2ccccc2n1Cc1ccccc1)C(F)(F)C(F)(F)C(F)(F)F. The number of amides is 1. The maximum atomic E-state index is 13.7. The van der Waals surface area contributed by atoms with Crippen LogP contribution < -0.4 is 5.32 Å². The van der Waals surface area contributed by atoms with E-state index in [4.69, 9.17) is 0 Å². The van der Waals surface area contributed by atoms with E-state index in [1.165, 1.54) is 22.0 Å². The minimum atomic E-state index is -6.61. The van der Waals surface area contributed by atoms with Crippen LogP contribution in [0.2, 0.25) is 0 Å². The third kappa shape index (κ3) is 3.64. The molecule has 0 unspecified atom stereocenters. The number of para-hydroxylation sites is 2. The van der Waals surface area contributed by atoms with Gasteiger partial charge in [0.1, 0.15) is 0 Å². The molecule has 1 amide bonds. The summed E-state index contributed by atoms with van der Waals surface area (Å²) in [7, 11) is 0. The number of aromatic nitrogens is 2. The highest BCUT2D eigenvalue weighted by Gasteiger charge is 2.76. The molecule has 0 aliphatic heterocycles. The van der Waals surface area contributed by atoms with Crippen LogP contribution in [0.1, 0.15) is 5.56 Å². The second-order valence-electron chi connectivity index (χ2n) is 6.10. The van der Waals surface area contributed by atoms with Gasteiger partial charge in [-0.3, -0.25) is 10.1 Å².